The topological polar surface area (TPSA) is 42.7 Å². The number of hydrogen-bond donors (Lipinski definition) is 1. The van der Waals surface area contributed by atoms with Gasteiger partial charge in [-0.2, -0.15) is 5.10 Å². The predicted molar refractivity (Wildman–Crippen MR) is 63.7 cm³/mol. The highest BCUT2D eigenvalue weighted by molar-refractivity contribution is 6.29. The molecule has 0 saturated carbocycles. The monoisotopic (exact) mass is 236 g/mol. The molecule has 3 rings (SSSR count). The molecular weight excluding hydrogens is 224 g/mol. The lowest BCUT2D eigenvalue weighted by molar-refractivity contribution is 0.344. The molecule has 2 aromatic heterocycles. The molecule has 0 atom stereocenters. The quantitative estimate of drug-likeness (QED) is 0.771. The molecule has 1 fully saturated rings. The molecular formula is C11H13ClN4. The van der Waals surface area contributed by atoms with Crippen LogP contribution < -0.4 is 5.32 Å². The van der Waals surface area contributed by atoms with Crippen LogP contribution in [0.5, 0.6) is 0 Å². The zero-order valence-corrected chi connectivity index (χ0v) is 9.61. The Morgan fingerprint density at radius 3 is 2.94 bits per heavy atom. The molecule has 0 aliphatic carbocycles. The number of aromatic nitrogens is 3. The van der Waals surface area contributed by atoms with Gasteiger partial charge in [-0.05, 0) is 38.1 Å². The van der Waals surface area contributed by atoms with E-state index < -0.39 is 0 Å². The van der Waals surface area contributed by atoms with Gasteiger partial charge in [0.15, 0.2) is 5.65 Å². The fourth-order valence-corrected chi connectivity index (χ4v) is 2.30. The van der Waals surface area contributed by atoms with Crippen molar-refractivity contribution in [2.75, 3.05) is 13.1 Å². The van der Waals surface area contributed by atoms with E-state index in [0.29, 0.717) is 11.2 Å². The van der Waals surface area contributed by atoms with Gasteiger partial charge in [0.05, 0.1) is 6.04 Å². The Morgan fingerprint density at radius 1 is 1.31 bits per heavy atom. The third-order valence-electron chi connectivity index (χ3n) is 3.04. The summed E-state index contributed by atoms with van der Waals surface area (Å²) in [5.41, 5.74) is 0.742. The summed E-state index contributed by atoms with van der Waals surface area (Å²) in [6.45, 7) is 2.13. The van der Waals surface area contributed by atoms with Crippen LogP contribution in [0.25, 0.3) is 11.0 Å². The summed E-state index contributed by atoms with van der Waals surface area (Å²) in [7, 11) is 0. The minimum atomic E-state index is 0.495. The zero-order valence-electron chi connectivity index (χ0n) is 8.86. The second kappa shape index (κ2) is 4.03. The number of hydrogen-bond acceptors (Lipinski definition) is 3. The first kappa shape index (κ1) is 10.1. The van der Waals surface area contributed by atoms with E-state index in [1.54, 1.807) is 6.07 Å². The second-order valence-corrected chi connectivity index (χ2v) is 4.52. The van der Waals surface area contributed by atoms with E-state index in [9.17, 15) is 0 Å². The molecule has 0 amide bonds. The van der Waals surface area contributed by atoms with Gasteiger partial charge in [-0.3, -0.25) is 4.68 Å². The minimum absolute atomic E-state index is 0.495. The van der Waals surface area contributed by atoms with Crippen molar-refractivity contribution >= 4 is 22.6 Å². The lowest BCUT2D eigenvalue weighted by Gasteiger charge is -2.22. The van der Waals surface area contributed by atoms with Crippen molar-refractivity contribution in [2.24, 2.45) is 0 Å². The molecule has 1 saturated heterocycles. The van der Waals surface area contributed by atoms with Gasteiger partial charge < -0.3 is 5.32 Å². The summed E-state index contributed by atoms with van der Waals surface area (Å²) in [5, 5.41) is 9.40. The number of nitrogens with one attached hydrogen (secondary N) is 1. The summed E-state index contributed by atoms with van der Waals surface area (Å²) < 4.78 is 2.04. The fraction of sp³-hybridized carbons (Fsp3) is 0.455. The van der Waals surface area contributed by atoms with Crippen LogP contribution in [0.2, 0.25) is 5.15 Å². The van der Waals surface area contributed by atoms with Gasteiger partial charge in [0, 0.05) is 11.6 Å². The number of nitrogens with zero attached hydrogens (tertiary/aromatic N) is 3. The molecule has 0 bridgehead atoms. The smallest absolute Gasteiger partial charge is 0.182 e. The number of pyridine rings is 1. The van der Waals surface area contributed by atoms with E-state index in [1.807, 2.05) is 10.7 Å². The maximum absolute atomic E-state index is 5.84. The summed E-state index contributed by atoms with van der Waals surface area (Å²) in [6, 6.07) is 4.27. The van der Waals surface area contributed by atoms with Crippen LogP contribution in [0.3, 0.4) is 0 Å². The van der Waals surface area contributed by atoms with Crippen LogP contribution in [-0.2, 0) is 0 Å². The maximum atomic E-state index is 5.84. The van der Waals surface area contributed by atoms with Crippen molar-refractivity contribution in [3.63, 3.8) is 0 Å². The van der Waals surface area contributed by atoms with Gasteiger partial charge in [-0.25, -0.2) is 4.98 Å². The second-order valence-electron chi connectivity index (χ2n) is 4.14. The first-order chi connectivity index (χ1) is 7.83. The lowest BCUT2D eigenvalue weighted by Crippen LogP contribution is -2.29. The zero-order chi connectivity index (χ0) is 11.0. The standard InChI is InChI=1S/C11H13ClN4/c12-10-2-1-8-7-16(15-11(8)14-10)9-3-5-13-6-4-9/h1-2,7,9,13H,3-6H2. The van der Waals surface area contributed by atoms with Crippen molar-refractivity contribution in [3.05, 3.63) is 23.5 Å². The highest BCUT2D eigenvalue weighted by Gasteiger charge is 2.16. The Labute approximate surface area is 98.6 Å². The van der Waals surface area contributed by atoms with E-state index in [1.165, 1.54) is 0 Å². The Balaban J connectivity index is 1.97. The molecule has 5 heteroatoms. The van der Waals surface area contributed by atoms with Crippen molar-refractivity contribution in [2.45, 2.75) is 18.9 Å². The highest BCUT2D eigenvalue weighted by Crippen LogP contribution is 2.21. The molecule has 84 valence electrons. The molecule has 4 nitrogen and oxygen atoms in total. The molecule has 0 spiro atoms. The average Bonchev–Trinajstić information content (AvgIpc) is 2.73. The maximum Gasteiger partial charge on any atom is 0.182 e. The van der Waals surface area contributed by atoms with Gasteiger partial charge in [0.1, 0.15) is 5.15 Å². The van der Waals surface area contributed by atoms with Crippen LogP contribution in [0, 0.1) is 0 Å². The molecule has 0 unspecified atom stereocenters. The minimum Gasteiger partial charge on any atom is -0.317 e. The van der Waals surface area contributed by atoms with E-state index in [0.717, 1.165) is 37.0 Å². The number of halogens is 1. The van der Waals surface area contributed by atoms with Crippen LogP contribution in [-0.4, -0.2) is 27.9 Å². The first-order valence-corrected chi connectivity index (χ1v) is 5.93. The van der Waals surface area contributed by atoms with E-state index in [4.69, 9.17) is 11.6 Å². The highest BCUT2D eigenvalue weighted by atomic mass is 35.5. The van der Waals surface area contributed by atoms with Gasteiger partial charge in [-0.15, -0.1) is 0 Å². The van der Waals surface area contributed by atoms with Crippen LogP contribution in [0.15, 0.2) is 18.3 Å². The molecule has 1 aliphatic heterocycles. The van der Waals surface area contributed by atoms with Crippen molar-refractivity contribution in [3.8, 4) is 0 Å². The van der Waals surface area contributed by atoms with Gasteiger partial charge in [-0.1, -0.05) is 11.6 Å². The number of fused-ring (bicyclic) bond motifs is 1. The van der Waals surface area contributed by atoms with Gasteiger partial charge in [0.25, 0.3) is 0 Å². The molecule has 0 radical (unpaired) electrons. The SMILES string of the molecule is Clc1ccc2cn(C3CCNCC3)nc2n1. The third-order valence-corrected chi connectivity index (χ3v) is 3.25. The molecule has 3 heterocycles. The van der Waals surface area contributed by atoms with Crippen molar-refractivity contribution < 1.29 is 0 Å². The van der Waals surface area contributed by atoms with Crippen LogP contribution in [0.1, 0.15) is 18.9 Å². The lowest BCUT2D eigenvalue weighted by atomic mass is 10.1. The Kier molecular flexibility index (Phi) is 2.53. The normalized spacial score (nSPS) is 18.1. The Hall–Kier alpha value is -1.13. The van der Waals surface area contributed by atoms with Crippen LogP contribution in [0.4, 0.5) is 0 Å². The molecule has 2 aromatic rings. The van der Waals surface area contributed by atoms with E-state index >= 15 is 0 Å². The fourth-order valence-electron chi connectivity index (χ4n) is 2.16. The average molecular weight is 237 g/mol. The molecule has 1 N–H and O–H groups in total. The van der Waals surface area contributed by atoms with E-state index in [2.05, 4.69) is 21.6 Å². The Morgan fingerprint density at radius 2 is 2.12 bits per heavy atom. The summed E-state index contributed by atoms with van der Waals surface area (Å²) in [6.07, 6.45) is 4.32. The third kappa shape index (κ3) is 1.79. The molecule has 1 aliphatic rings. The van der Waals surface area contributed by atoms with Gasteiger partial charge >= 0.3 is 0 Å². The summed E-state index contributed by atoms with van der Waals surface area (Å²) >= 11 is 5.84. The number of piperidine rings is 1. The summed E-state index contributed by atoms with van der Waals surface area (Å²) in [5.74, 6) is 0. The number of rotatable bonds is 1. The largest absolute Gasteiger partial charge is 0.317 e. The van der Waals surface area contributed by atoms with Crippen molar-refractivity contribution in [1.29, 1.82) is 0 Å². The summed E-state index contributed by atoms with van der Waals surface area (Å²) in [4.78, 5) is 4.21. The van der Waals surface area contributed by atoms with Gasteiger partial charge in [0.2, 0.25) is 0 Å². The van der Waals surface area contributed by atoms with Crippen molar-refractivity contribution in [1.82, 2.24) is 20.1 Å². The first-order valence-electron chi connectivity index (χ1n) is 5.55. The van der Waals surface area contributed by atoms with Crippen LogP contribution >= 0.6 is 11.6 Å². The van der Waals surface area contributed by atoms with E-state index in [-0.39, 0.29) is 0 Å². The predicted octanol–water partition coefficient (Wildman–Crippen LogP) is 2.01. The Bertz CT molecular complexity index is 502. The molecule has 16 heavy (non-hydrogen) atoms. The molecule has 0 aromatic carbocycles.